The van der Waals surface area contributed by atoms with Crippen molar-refractivity contribution >= 4 is 0 Å². The van der Waals surface area contributed by atoms with Crippen LogP contribution in [0.4, 0.5) is 0 Å². The Bertz CT molecular complexity index is 1570. The Kier molecular flexibility index (Phi) is 5.13. The van der Waals surface area contributed by atoms with Crippen LogP contribution < -0.4 is 20.7 Å². The minimum absolute atomic E-state index is 0.0341. The maximum Gasteiger partial charge on any atom is 0.344 e. The van der Waals surface area contributed by atoms with E-state index in [-0.39, 0.29) is 45.8 Å². The number of ether oxygens (including phenoxy) is 2. The molecule has 0 spiro atoms. The number of phenols is 3. The third-order valence-electron chi connectivity index (χ3n) is 5.69. The molecule has 4 aromatic rings. The van der Waals surface area contributed by atoms with Gasteiger partial charge in [-0.2, -0.15) is 0 Å². The summed E-state index contributed by atoms with van der Waals surface area (Å²) in [5.74, 6) is -1.89. The fourth-order valence-electron chi connectivity index (χ4n) is 4.09. The van der Waals surface area contributed by atoms with E-state index in [2.05, 4.69) is 0 Å². The van der Waals surface area contributed by atoms with Gasteiger partial charge in [0.25, 0.3) is 0 Å². The molecule has 0 radical (unpaired) electrons. The van der Waals surface area contributed by atoms with Crippen LogP contribution in [-0.4, -0.2) is 27.5 Å². The standard InChI is InChI=1S/C25H18O10/c1-32-18-7-12(3-5-15(18)28)24-22(19-8-13(26)9-21(30)33-19)23-20(34-24)10-17(35-25(23)31)11-2-4-14(27)16(29)6-11/h2-10,22,24,26-29H,1H3. The molecule has 0 amide bonds. The van der Waals surface area contributed by atoms with Gasteiger partial charge in [0.05, 0.1) is 24.7 Å². The van der Waals surface area contributed by atoms with Crippen LogP contribution in [0.5, 0.6) is 34.5 Å². The molecule has 0 fully saturated rings. The van der Waals surface area contributed by atoms with Crippen molar-refractivity contribution in [1.82, 2.24) is 0 Å². The van der Waals surface area contributed by atoms with Gasteiger partial charge in [-0.25, -0.2) is 9.59 Å². The van der Waals surface area contributed by atoms with E-state index in [1.54, 1.807) is 6.07 Å². The van der Waals surface area contributed by atoms with Gasteiger partial charge < -0.3 is 38.7 Å². The molecule has 0 aliphatic carbocycles. The molecule has 0 saturated carbocycles. The highest BCUT2D eigenvalue weighted by Gasteiger charge is 2.42. The van der Waals surface area contributed by atoms with Crippen LogP contribution in [0.3, 0.4) is 0 Å². The van der Waals surface area contributed by atoms with E-state index in [1.807, 2.05) is 0 Å². The molecule has 35 heavy (non-hydrogen) atoms. The maximum absolute atomic E-state index is 13.2. The maximum atomic E-state index is 13.2. The van der Waals surface area contributed by atoms with Crippen molar-refractivity contribution in [1.29, 1.82) is 0 Å². The largest absolute Gasteiger partial charge is 0.508 e. The quantitative estimate of drug-likeness (QED) is 0.320. The van der Waals surface area contributed by atoms with Gasteiger partial charge >= 0.3 is 11.3 Å². The molecule has 10 heteroatoms. The van der Waals surface area contributed by atoms with Gasteiger partial charge in [0, 0.05) is 17.7 Å². The highest BCUT2D eigenvalue weighted by molar-refractivity contribution is 5.64. The minimum Gasteiger partial charge on any atom is -0.508 e. The van der Waals surface area contributed by atoms with Gasteiger partial charge in [0.1, 0.15) is 29.1 Å². The summed E-state index contributed by atoms with van der Waals surface area (Å²) in [5.41, 5.74) is -0.790. The second kappa shape index (κ2) is 8.17. The molecule has 2 aromatic carbocycles. The number of hydrogen-bond donors (Lipinski definition) is 4. The first-order valence-corrected chi connectivity index (χ1v) is 10.3. The topological polar surface area (TPSA) is 160 Å². The van der Waals surface area contributed by atoms with Crippen molar-refractivity contribution < 1.29 is 38.7 Å². The van der Waals surface area contributed by atoms with Crippen molar-refractivity contribution in [2.75, 3.05) is 7.11 Å². The van der Waals surface area contributed by atoms with E-state index in [4.69, 9.17) is 18.3 Å². The number of aromatic hydroxyl groups is 4. The van der Waals surface area contributed by atoms with E-state index < -0.39 is 29.0 Å². The van der Waals surface area contributed by atoms with Gasteiger partial charge in [0.15, 0.2) is 23.0 Å². The number of methoxy groups -OCH3 is 1. The SMILES string of the molecule is COc1cc(C2Oc3cc(-c4ccc(O)c(O)c4)oc(=O)c3C2c2cc(O)cc(=O)o2)ccc1O. The molecule has 2 aromatic heterocycles. The van der Waals surface area contributed by atoms with Crippen LogP contribution in [0.15, 0.2) is 73.0 Å². The second-order valence-corrected chi connectivity index (χ2v) is 7.86. The summed E-state index contributed by atoms with van der Waals surface area (Å²) in [5, 5.41) is 39.4. The molecule has 2 unspecified atom stereocenters. The number of phenolic OH excluding ortho intramolecular Hbond substituents is 3. The molecule has 10 nitrogen and oxygen atoms in total. The van der Waals surface area contributed by atoms with E-state index >= 15 is 0 Å². The van der Waals surface area contributed by atoms with Crippen LogP contribution in [0.2, 0.25) is 0 Å². The summed E-state index contributed by atoms with van der Waals surface area (Å²) >= 11 is 0. The van der Waals surface area contributed by atoms with Crippen molar-refractivity contribution in [3.63, 3.8) is 0 Å². The Morgan fingerprint density at radius 1 is 0.829 bits per heavy atom. The first-order chi connectivity index (χ1) is 16.7. The van der Waals surface area contributed by atoms with Crippen molar-refractivity contribution in [2.45, 2.75) is 12.0 Å². The summed E-state index contributed by atoms with van der Waals surface area (Å²) in [7, 11) is 1.38. The lowest BCUT2D eigenvalue weighted by Crippen LogP contribution is -2.17. The average Bonchev–Trinajstić information content (AvgIpc) is 3.21. The Hall–Kier alpha value is -4.86. The van der Waals surface area contributed by atoms with Crippen LogP contribution >= 0.6 is 0 Å². The molecule has 5 rings (SSSR count). The molecule has 2 atom stereocenters. The molecule has 178 valence electrons. The summed E-state index contributed by atoms with van der Waals surface area (Å²) in [6.07, 6.45) is -0.921. The highest BCUT2D eigenvalue weighted by atomic mass is 16.5. The highest BCUT2D eigenvalue weighted by Crippen LogP contribution is 2.50. The third kappa shape index (κ3) is 3.80. The zero-order valence-corrected chi connectivity index (χ0v) is 18.1. The van der Waals surface area contributed by atoms with Crippen LogP contribution in [-0.2, 0) is 0 Å². The van der Waals surface area contributed by atoms with E-state index in [1.165, 1.54) is 49.6 Å². The molecule has 3 heterocycles. The van der Waals surface area contributed by atoms with Gasteiger partial charge in [-0.1, -0.05) is 6.07 Å². The number of benzene rings is 2. The summed E-state index contributed by atoms with van der Waals surface area (Å²) in [6.45, 7) is 0. The van der Waals surface area contributed by atoms with E-state index in [9.17, 15) is 30.0 Å². The third-order valence-corrected chi connectivity index (χ3v) is 5.69. The fraction of sp³-hybridized carbons (Fsp3) is 0.120. The zero-order chi connectivity index (χ0) is 24.9. The molecule has 0 bridgehead atoms. The molecule has 1 aliphatic rings. The summed E-state index contributed by atoms with van der Waals surface area (Å²) in [6, 6.07) is 11.9. The van der Waals surface area contributed by atoms with Crippen LogP contribution in [0.25, 0.3) is 11.3 Å². The molecular formula is C25H18O10. The zero-order valence-electron chi connectivity index (χ0n) is 18.1. The van der Waals surface area contributed by atoms with Crippen molar-refractivity contribution in [3.8, 4) is 45.8 Å². The van der Waals surface area contributed by atoms with Crippen LogP contribution in [0, 0.1) is 0 Å². The van der Waals surface area contributed by atoms with Crippen molar-refractivity contribution in [3.05, 3.63) is 92.3 Å². The Morgan fingerprint density at radius 3 is 2.31 bits per heavy atom. The second-order valence-electron chi connectivity index (χ2n) is 7.86. The van der Waals surface area contributed by atoms with Gasteiger partial charge in [0.2, 0.25) is 0 Å². The molecular weight excluding hydrogens is 460 g/mol. The number of rotatable bonds is 4. The van der Waals surface area contributed by atoms with Gasteiger partial charge in [-0.15, -0.1) is 0 Å². The average molecular weight is 478 g/mol. The summed E-state index contributed by atoms with van der Waals surface area (Å²) < 4.78 is 22.1. The predicted molar refractivity (Wildman–Crippen MR) is 120 cm³/mol. The van der Waals surface area contributed by atoms with Crippen LogP contribution in [0.1, 0.15) is 28.9 Å². The molecule has 1 aliphatic heterocycles. The van der Waals surface area contributed by atoms with Gasteiger partial charge in [-0.3, -0.25) is 0 Å². The first-order valence-electron chi connectivity index (χ1n) is 10.3. The monoisotopic (exact) mass is 478 g/mol. The Labute approximate surface area is 196 Å². The number of hydrogen-bond acceptors (Lipinski definition) is 10. The predicted octanol–water partition coefficient (Wildman–Crippen LogP) is 3.36. The normalized spacial score (nSPS) is 16.5. The van der Waals surface area contributed by atoms with Gasteiger partial charge in [-0.05, 0) is 35.9 Å². The number of fused-ring (bicyclic) bond motifs is 1. The lowest BCUT2D eigenvalue weighted by atomic mass is 9.89. The van der Waals surface area contributed by atoms with Crippen molar-refractivity contribution in [2.24, 2.45) is 0 Å². The van der Waals surface area contributed by atoms with E-state index in [0.717, 1.165) is 6.07 Å². The minimum atomic E-state index is -0.988. The lowest BCUT2D eigenvalue weighted by Gasteiger charge is -2.19. The molecule has 0 saturated heterocycles. The Balaban J connectivity index is 1.70. The summed E-state index contributed by atoms with van der Waals surface area (Å²) in [4.78, 5) is 25.1. The van der Waals surface area contributed by atoms with E-state index in [0.29, 0.717) is 11.1 Å². The first kappa shape index (κ1) is 22.0. The molecule has 4 N–H and O–H groups in total. The fourth-order valence-corrected chi connectivity index (χ4v) is 4.09. The smallest absolute Gasteiger partial charge is 0.344 e. The lowest BCUT2D eigenvalue weighted by molar-refractivity contribution is 0.208. The Morgan fingerprint density at radius 2 is 1.60 bits per heavy atom.